The molecule has 0 aromatic rings. The van der Waals surface area contributed by atoms with E-state index in [9.17, 15) is 9.59 Å². The standard InChI is InChI=1S/C8H13O3/c1-2-3-4-8(11)7(5-9)6-10/h7,9H,2-5H2,1H3. The minimum Gasteiger partial charge on any atom is -0.395 e. The molecule has 0 saturated carbocycles. The third-order valence-electron chi connectivity index (χ3n) is 1.49. The topological polar surface area (TPSA) is 54.4 Å². The Bertz CT molecular complexity index is 131. The Morgan fingerprint density at radius 2 is 2.27 bits per heavy atom. The predicted octanol–water partition coefficient (Wildman–Crippen LogP) is 0.464. The molecule has 0 saturated heterocycles. The molecule has 3 nitrogen and oxygen atoms in total. The molecule has 0 aromatic heterocycles. The molecule has 0 aliphatic rings. The van der Waals surface area contributed by atoms with Crippen LogP contribution in [0.2, 0.25) is 0 Å². The van der Waals surface area contributed by atoms with Gasteiger partial charge in [0.25, 0.3) is 0 Å². The first-order chi connectivity index (χ1) is 5.26. The maximum absolute atomic E-state index is 10.9. The van der Waals surface area contributed by atoms with Gasteiger partial charge in [0.05, 0.1) is 6.61 Å². The second-order valence-electron chi connectivity index (χ2n) is 2.42. The largest absolute Gasteiger partial charge is 0.395 e. The Kier molecular flexibility index (Phi) is 5.65. The molecular weight excluding hydrogens is 144 g/mol. The van der Waals surface area contributed by atoms with Crippen LogP contribution in [-0.4, -0.2) is 23.8 Å². The zero-order valence-corrected chi connectivity index (χ0v) is 6.67. The van der Waals surface area contributed by atoms with Gasteiger partial charge in [-0.05, 0) is 6.42 Å². The molecule has 1 unspecified atom stereocenters. The predicted molar refractivity (Wildman–Crippen MR) is 40.8 cm³/mol. The fraction of sp³-hybridized carbons (Fsp3) is 0.750. The number of rotatable bonds is 6. The van der Waals surface area contributed by atoms with Gasteiger partial charge in [0.1, 0.15) is 11.7 Å². The molecule has 0 aliphatic heterocycles. The Labute approximate surface area is 66.4 Å². The van der Waals surface area contributed by atoms with Gasteiger partial charge >= 0.3 is 0 Å². The van der Waals surface area contributed by atoms with Crippen molar-refractivity contribution >= 4 is 12.1 Å². The summed E-state index contributed by atoms with van der Waals surface area (Å²) in [6, 6.07) is 0. The molecule has 0 aromatic carbocycles. The first kappa shape index (κ1) is 10.3. The van der Waals surface area contributed by atoms with Crippen LogP contribution < -0.4 is 0 Å². The summed E-state index contributed by atoms with van der Waals surface area (Å²) in [4.78, 5) is 21.0. The highest BCUT2D eigenvalue weighted by molar-refractivity contribution is 5.93. The van der Waals surface area contributed by atoms with Crippen molar-refractivity contribution in [3.05, 3.63) is 0 Å². The Balaban J connectivity index is 3.69. The van der Waals surface area contributed by atoms with Crippen LogP contribution in [0.4, 0.5) is 0 Å². The van der Waals surface area contributed by atoms with Crippen molar-refractivity contribution in [1.82, 2.24) is 0 Å². The molecule has 0 spiro atoms. The van der Waals surface area contributed by atoms with Crippen molar-refractivity contribution < 1.29 is 14.7 Å². The highest BCUT2D eigenvalue weighted by Crippen LogP contribution is 2.02. The van der Waals surface area contributed by atoms with Crippen LogP contribution in [0.1, 0.15) is 26.2 Å². The van der Waals surface area contributed by atoms with Crippen molar-refractivity contribution in [2.75, 3.05) is 6.61 Å². The second kappa shape index (κ2) is 6.04. The van der Waals surface area contributed by atoms with Gasteiger partial charge in [-0.25, -0.2) is 0 Å². The van der Waals surface area contributed by atoms with Gasteiger partial charge in [0, 0.05) is 6.42 Å². The van der Waals surface area contributed by atoms with E-state index in [1.165, 1.54) is 6.29 Å². The zero-order chi connectivity index (χ0) is 8.69. The van der Waals surface area contributed by atoms with Crippen molar-refractivity contribution in [3.8, 4) is 0 Å². The molecule has 0 heterocycles. The Morgan fingerprint density at radius 3 is 2.64 bits per heavy atom. The van der Waals surface area contributed by atoms with Gasteiger partial charge < -0.3 is 5.11 Å². The van der Waals surface area contributed by atoms with Crippen LogP contribution in [-0.2, 0) is 9.59 Å². The van der Waals surface area contributed by atoms with E-state index in [0.717, 1.165) is 12.8 Å². The molecule has 1 atom stereocenters. The summed E-state index contributed by atoms with van der Waals surface area (Å²) < 4.78 is 0. The summed E-state index contributed by atoms with van der Waals surface area (Å²) in [6.07, 6.45) is 3.58. The van der Waals surface area contributed by atoms with Gasteiger partial charge in [0.15, 0.2) is 0 Å². The van der Waals surface area contributed by atoms with Crippen molar-refractivity contribution in [1.29, 1.82) is 0 Å². The molecule has 11 heavy (non-hydrogen) atoms. The molecule has 1 N–H and O–H groups in total. The van der Waals surface area contributed by atoms with Crippen LogP contribution in [0.3, 0.4) is 0 Å². The molecular formula is C8H13O3. The summed E-state index contributed by atoms with van der Waals surface area (Å²) in [5, 5.41) is 8.51. The third-order valence-corrected chi connectivity index (χ3v) is 1.49. The van der Waals surface area contributed by atoms with E-state index in [0.29, 0.717) is 6.42 Å². The van der Waals surface area contributed by atoms with E-state index in [4.69, 9.17) is 5.11 Å². The SMILES string of the molecule is CCCCC(=O)C([C]=O)CO. The van der Waals surface area contributed by atoms with Gasteiger partial charge in [-0.3, -0.25) is 9.59 Å². The van der Waals surface area contributed by atoms with E-state index >= 15 is 0 Å². The molecule has 0 amide bonds. The lowest BCUT2D eigenvalue weighted by Gasteiger charge is -2.02. The van der Waals surface area contributed by atoms with Crippen LogP contribution in [0, 0.1) is 5.92 Å². The van der Waals surface area contributed by atoms with Crippen molar-refractivity contribution in [2.24, 2.45) is 5.92 Å². The smallest absolute Gasteiger partial charge is 0.212 e. The average molecular weight is 157 g/mol. The number of ketones is 1. The summed E-state index contributed by atoms with van der Waals surface area (Å²) in [6.45, 7) is 1.55. The van der Waals surface area contributed by atoms with E-state index in [1.54, 1.807) is 0 Å². The number of aliphatic hydroxyl groups is 1. The van der Waals surface area contributed by atoms with E-state index in [-0.39, 0.29) is 5.78 Å². The fourth-order valence-corrected chi connectivity index (χ4v) is 0.730. The molecule has 0 aliphatic carbocycles. The van der Waals surface area contributed by atoms with E-state index in [1.807, 2.05) is 6.92 Å². The third kappa shape index (κ3) is 3.88. The molecule has 3 heteroatoms. The number of aliphatic hydroxyl groups excluding tert-OH is 1. The number of hydrogen-bond acceptors (Lipinski definition) is 3. The minimum absolute atomic E-state index is 0.204. The number of Topliss-reactive ketones (excluding diaryl/α,β-unsaturated/α-hetero) is 1. The molecule has 0 rings (SSSR count). The van der Waals surface area contributed by atoms with Crippen LogP contribution in [0.25, 0.3) is 0 Å². The summed E-state index contributed by atoms with van der Waals surface area (Å²) in [5.41, 5.74) is 0. The average Bonchev–Trinajstić information content (AvgIpc) is 2.03. The molecule has 0 fully saturated rings. The highest BCUT2D eigenvalue weighted by atomic mass is 16.3. The maximum Gasteiger partial charge on any atom is 0.212 e. The van der Waals surface area contributed by atoms with E-state index < -0.39 is 12.5 Å². The highest BCUT2D eigenvalue weighted by Gasteiger charge is 2.15. The number of carbonyl (C=O) groups is 1. The molecule has 0 bridgehead atoms. The molecule has 1 radical (unpaired) electrons. The first-order valence-electron chi connectivity index (χ1n) is 3.77. The quantitative estimate of drug-likeness (QED) is 0.570. The molecule has 63 valence electrons. The fourth-order valence-electron chi connectivity index (χ4n) is 0.730. The maximum atomic E-state index is 10.9. The van der Waals surface area contributed by atoms with Crippen molar-refractivity contribution in [2.45, 2.75) is 26.2 Å². The Hall–Kier alpha value is -0.700. The van der Waals surface area contributed by atoms with E-state index in [2.05, 4.69) is 0 Å². The lowest BCUT2D eigenvalue weighted by atomic mass is 10.0. The van der Waals surface area contributed by atoms with Crippen LogP contribution >= 0.6 is 0 Å². The normalized spacial score (nSPS) is 12.5. The summed E-state index contributed by atoms with van der Waals surface area (Å²) in [7, 11) is 0. The van der Waals surface area contributed by atoms with Crippen LogP contribution in [0.15, 0.2) is 0 Å². The zero-order valence-electron chi connectivity index (χ0n) is 6.67. The number of hydrogen-bond donors (Lipinski definition) is 1. The first-order valence-corrected chi connectivity index (χ1v) is 3.77. The monoisotopic (exact) mass is 157 g/mol. The Morgan fingerprint density at radius 1 is 1.64 bits per heavy atom. The lowest BCUT2D eigenvalue weighted by Crippen LogP contribution is -2.19. The minimum atomic E-state index is -0.915. The van der Waals surface area contributed by atoms with Gasteiger partial charge in [-0.15, -0.1) is 0 Å². The number of carbonyl (C=O) groups excluding carboxylic acids is 2. The summed E-state index contributed by atoms with van der Waals surface area (Å²) in [5.74, 6) is -1.12. The van der Waals surface area contributed by atoms with Crippen LogP contribution in [0.5, 0.6) is 0 Å². The van der Waals surface area contributed by atoms with Gasteiger partial charge in [-0.2, -0.15) is 0 Å². The van der Waals surface area contributed by atoms with Crippen molar-refractivity contribution in [3.63, 3.8) is 0 Å². The van der Waals surface area contributed by atoms with Gasteiger partial charge in [-0.1, -0.05) is 13.3 Å². The lowest BCUT2D eigenvalue weighted by molar-refractivity contribution is -0.121. The number of unbranched alkanes of at least 4 members (excludes halogenated alkanes) is 1. The summed E-state index contributed by atoms with van der Waals surface area (Å²) >= 11 is 0. The second-order valence-corrected chi connectivity index (χ2v) is 2.42. The van der Waals surface area contributed by atoms with Gasteiger partial charge in [0.2, 0.25) is 6.29 Å².